The molecule has 0 aromatic heterocycles. The summed E-state index contributed by atoms with van der Waals surface area (Å²) >= 11 is 0. The first-order valence-corrected chi connectivity index (χ1v) is 10.3. The molecule has 0 saturated carbocycles. The molecule has 0 fully saturated rings. The number of ether oxygens (including phenoxy) is 4. The fourth-order valence-electron chi connectivity index (χ4n) is 3.45. The van der Waals surface area contributed by atoms with Crippen LogP contribution in [0.5, 0.6) is 17.2 Å². The Morgan fingerprint density at radius 3 is 2.50 bits per heavy atom. The van der Waals surface area contributed by atoms with Crippen LogP contribution >= 0.6 is 0 Å². The van der Waals surface area contributed by atoms with Crippen LogP contribution in [0.15, 0.2) is 30.3 Å². The minimum absolute atomic E-state index is 0.172. The molecule has 0 amide bonds. The summed E-state index contributed by atoms with van der Waals surface area (Å²) in [7, 11) is 1.56. The fourth-order valence-corrected chi connectivity index (χ4v) is 3.45. The quantitative estimate of drug-likeness (QED) is 0.560. The minimum Gasteiger partial charge on any atom is -0.493 e. The lowest BCUT2D eigenvalue weighted by molar-refractivity contribution is -0.150. The van der Waals surface area contributed by atoms with Gasteiger partial charge in [0.05, 0.1) is 19.8 Å². The number of carbonyl (C=O) groups is 2. The molecule has 0 spiro atoms. The number of ketones is 1. The Bertz CT molecular complexity index is 934. The van der Waals surface area contributed by atoms with Crippen LogP contribution in [-0.2, 0) is 16.0 Å². The first-order chi connectivity index (χ1) is 14.5. The first kappa shape index (κ1) is 21.7. The molecule has 0 N–H and O–H groups in total. The normalized spacial score (nSPS) is 13.5. The molecule has 0 bridgehead atoms. The largest absolute Gasteiger partial charge is 0.493 e. The predicted molar refractivity (Wildman–Crippen MR) is 114 cm³/mol. The van der Waals surface area contributed by atoms with Crippen LogP contribution in [0, 0.1) is 0 Å². The van der Waals surface area contributed by atoms with Crippen molar-refractivity contribution < 1.29 is 28.5 Å². The maximum atomic E-state index is 12.2. The third kappa shape index (κ3) is 4.58. The highest BCUT2D eigenvalue weighted by Gasteiger charge is 2.23. The molecular weight excluding hydrogens is 384 g/mol. The van der Waals surface area contributed by atoms with E-state index >= 15 is 0 Å². The van der Waals surface area contributed by atoms with Crippen molar-refractivity contribution in [3.05, 3.63) is 41.5 Å². The van der Waals surface area contributed by atoms with Crippen molar-refractivity contribution in [3.63, 3.8) is 0 Å². The van der Waals surface area contributed by atoms with Crippen molar-refractivity contribution in [2.24, 2.45) is 0 Å². The maximum Gasteiger partial charge on any atom is 0.344 e. The molecule has 0 aliphatic heterocycles. The molecule has 1 aliphatic rings. The number of aryl methyl sites for hydroxylation is 1. The van der Waals surface area contributed by atoms with E-state index in [1.54, 1.807) is 7.11 Å². The molecule has 0 radical (unpaired) electrons. The van der Waals surface area contributed by atoms with Gasteiger partial charge in [-0.1, -0.05) is 25.1 Å². The zero-order valence-corrected chi connectivity index (χ0v) is 17.9. The molecule has 3 rings (SSSR count). The molecule has 2 aromatic rings. The third-order valence-electron chi connectivity index (χ3n) is 5.16. The summed E-state index contributed by atoms with van der Waals surface area (Å²) in [4.78, 5) is 24.2. The van der Waals surface area contributed by atoms with Gasteiger partial charge in [-0.2, -0.15) is 0 Å². The topological polar surface area (TPSA) is 71.1 Å². The van der Waals surface area contributed by atoms with Crippen LogP contribution in [0.4, 0.5) is 0 Å². The summed E-state index contributed by atoms with van der Waals surface area (Å²) in [5.41, 5.74) is 3.44. The van der Waals surface area contributed by atoms with Crippen molar-refractivity contribution in [2.45, 2.75) is 46.1 Å². The molecule has 1 unspecified atom stereocenters. The Morgan fingerprint density at radius 2 is 1.80 bits per heavy atom. The van der Waals surface area contributed by atoms with Gasteiger partial charge in [0.25, 0.3) is 0 Å². The summed E-state index contributed by atoms with van der Waals surface area (Å²) in [5.74, 6) is 1.10. The van der Waals surface area contributed by atoms with Gasteiger partial charge < -0.3 is 18.9 Å². The van der Waals surface area contributed by atoms with Crippen LogP contribution in [0.1, 0.15) is 49.5 Å². The van der Waals surface area contributed by atoms with Gasteiger partial charge in [0.2, 0.25) is 5.75 Å². The molecule has 6 heteroatoms. The summed E-state index contributed by atoms with van der Waals surface area (Å²) in [5, 5.41) is 0. The standard InChI is InChI=1S/C24H28O6/c1-5-15(3)30-22(26)14-29-23-19(10-12-21(27-4)24(23)28-6-2)17-7-9-18-16(13-17)8-11-20(18)25/h7,9-10,12-13,15H,5-6,8,11,14H2,1-4H3. The summed E-state index contributed by atoms with van der Waals surface area (Å²) in [6, 6.07) is 9.43. The van der Waals surface area contributed by atoms with E-state index in [0.717, 1.165) is 35.1 Å². The number of Topliss-reactive ketones (excluding diaryl/α,β-unsaturated/α-hetero) is 1. The molecule has 160 valence electrons. The Labute approximate surface area is 177 Å². The lowest BCUT2D eigenvalue weighted by Gasteiger charge is -2.19. The highest BCUT2D eigenvalue weighted by atomic mass is 16.6. The van der Waals surface area contributed by atoms with E-state index in [-0.39, 0.29) is 18.5 Å². The fraction of sp³-hybridized carbons (Fsp3) is 0.417. The maximum absolute atomic E-state index is 12.2. The van der Waals surface area contributed by atoms with Gasteiger partial charge >= 0.3 is 5.97 Å². The summed E-state index contributed by atoms with van der Waals surface area (Å²) < 4.78 is 22.5. The van der Waals surface area contributed by atoms with Crippen molar-refractivity contribution in [3.8, 4) is 28.4 Å². The van der Waals surface area contributed by atoms with Gasteiger partial charge in [-0.3, -0.25) is 4.79 Å². The molecule has 6 nitrogen and oxygen atoms in total. The van der Waals surface area contributed by atoms with Crippen molar-refractivity contribution >= 4 is 11.8 Å². The minimum atomic E-state index is -0.444. The van der Waals surface area contributed by atoms with E-state index in [1.807, 2.05) is 51.1 Å². The number of fused-ring (bicyclic) bond motifs is 1. The number of methoxy groups -OCH3 is 1. The number of hydrogen-bond donors (Lipinski definition) is 0. The van der Waals surface area contributed by atoms with Crippen molar-refractivity contribution in [1.82, 2.24) is 0 Å². The second kappa shape index (κ2) is 9.65. The average Bonchev–Trinajstić information content (AvgIpc) is 3.12. The van der Waals surface area contributed by atoms with E-state index in [1.165, 1.54) is 0 Å². The Kier molecular flexibility index (Phi) is 6.98. The van der Waals surface area contributed by atoms with Gasteiger partial charge in [0.1, 0.15) is 0 Å². The molecular formula is C24H28O6. The van der Waals surface area contributed by atoms with E-state index in [9.17, 15) is 9.59 Å². The zero-order valence-electron chi connectivity index (χ0n) is 17.9. The van der Waals surface area contributed by atoms with E-state index in [0.29, 0.717) is 30.3 Å². The highest BCUT2D eigenvalue weighted by molar-refractivity contribution is 6.01. The summed E-state index contributed by atoms with van der Waals surface area (Å²) in [6.07, 6.45) is 1.82. The highest BCUT2D eigenvalue weighted by Crippen LogP contribution is 2.45. The van der Waals surface area contributed by atoms with Crippen molar-refractivity contribution in [2.75, 3.05) is 20.3 Å². The number of carbonyl (C=O) groups excluding carboxylic acids is 2. The van der Waals surface area contributed by atoms with Gasteiger partial charge in [0, 0.05) is 17.5 Å². The Morgan fingerprint density at radius 1 is 1.03 bits per heavy atom. The Hall–Kier alpha value is -3.02. The molecule has 0 saturated heterocycles. The monoisotopic (exact) mass is 412 g/mol. The van der Waals surface area contributed by atoms with Gasteiger partial charge in [-0.05, 0) is 49.9 Å². The molecule has 1 aliphatic carbocycles. The van der Waals surface area contributed by atoms with E-state index < -0.39 is 5.97 Å². The molecule has 1 atom stereocenters. The first-order valence-electron chi connectivity index (χ1n) is 10.3. The molecule has 30 heavy (non-hydrogen) atoms. The Balaban J connectivity index is 1.99. The smallest absolute Gasteiger partial charge is 0.344 e. The lowest BCUT2D eigenvalue weighted by Crippen LogP contribution is -2.20. The predicted octanol–water partition coefficient (Wildman–Crippen LogP) is 4.61. The SMILES string of the molecule is CCOc1c(OC)ccc(-c2ccc3c(c2)CCC3=O)c1OCC(=O)OC(C)CC. The molecule has 2 aromatic carbocycles. The van der Waals surface area contributed by atoms with Gasteiger partial charge in [0.15, 0.2) is 23.9 Å². The zero-order chi connectivity index (χ0) is 21.7. The van der Waals surface area contributed by atoms with Crippen LogP contribution in [-0.4, -0.2) is 38.2 Å². The number of hydrogen-bond acceptors (Lipinski definition) is 6. The number of esters is 1. The molecule has 0 heterocycles. The van der Waals surface area contributed by atoms with Gasteiger partial charge in [-0.25, -0.2) is 4.79 Å². The van der Waals surface area contributed by atoms with Crippen molar-refractivity contribution in [1.29, 1.82) is 0 Å². The van der Waals surface area contributed by atoms with Crippen LogP contribution in [0.25, 0.3) is 11.1 Å². The second-order valence-corrected chi connectivity index (χ2v) is 7.20. The van der Waals surface area contributed by atoms with E-state index in [2.05, 4.69) is 0 Å². The van der Waals surface area contributed by atoms with Gasteiger partial charge in [-0.15, -0.1) is 0 Å². The third-order valence-corrected chi connectivity index (χ3v) is 5.16. The summed E-state index contributed by atoms with van der Waals surface area (Å²) in [6.45, 7) is 5.82. The van der Waals surface area contributed by atoms with Crippen LogP contribution in [0.2, 0.25) is 0 Å². The van der Waals surface area contributed by atoms with Crippen LogP contribution in [0.3, 0.4) is 0 Å². The van der Waals surface area contributed by atoms with Crippen LogP contribution < -0.4 is 14.2 Å². The van der Waals surface area contributed by atoms with E-state index in [4.69, 9.17) is 18.9 Å². The number of benzene rings is 2. The number of rotatable bonds is 9. The second-order valence-electron chi connectivity index (χ2n) is 7.20. The lowest BCUT2D eigenvalue weighted by atomic mass is 9.99. The average molecular weight is 412 g/mol.